The number of halogens is 1. The number of sulfone groups is 1. The van der Waals surface area contributed by atoms with Gasteiger partial charge in [0.2, 0.25) is 15.0 Å². The molecule has 0 spiro atoms. The average molecular weight is 449 g/mol. The molecule has 2 heterocycles. The number of carbonyl (C=O) groups excluding carboxylic acids is 1. The van der Waals surface area contributed by atoms with Crippen LogP contribution in [-0.4, -0.2) is 41.6 Å². The van der Waals surface area contributed by atoms with E-state index in [1.165, 1.54) is 6.20 Å². The minimum absolute atomic E-state index is 0.0199. The van der Waals surface area contributed by atoms with Crippen LogP contribution in [0.4, 0.5) is 5.82 Å². The monoisotopic (exact) mass is 448 g/mol. The van der Waals surface area contributed by atoms with E-state index in [1.807, 2.05) is 13.8 Å². The van der Waals surface area contributed by atoms with Crippen molar-refractivity contribution in [2.24, 2.45) is 0 Å². The highest BCUT2D eigenvalue weighted by Gasteiger charge is 2.24. The molecule has 0 aliphatic heterocycles. The van der Waals surface area contributed by atoms with E-state index in [-0.39, 0.29) is 21.7 Å². The Hall–Kier alpha value is -2.78. The number of esters is 1. The highest BCUT2D eigenvalue weighted by molar-refractivity contribution is 7.90. The molecule has 158 valence electrons. The van der Waals surface area contributed by atoms with Crippen molar-refractivity contribution in [3.63, 3.8) is 0 Å². The first-order valence-corrected chi connectivity index (χ1v) is 11.4. The van der Waals surface area contributed by atoms with Gasteiger partial charge in [0.05, 0.1) is 10.6 Å². The van der Waals surface area contributed by atoms with E-state index >= 15 is 0 Å². The molecule has 0 fully saturated rings. The maximum Gasteiger partial charge on any atom is 0.338 e. The van der Waals surface area contributed by atoms with Gasteiger partial charge in [0.1, 0.15) is 17.3 Å². The first kappa shape index (κ1) is 21.9. The molecule has 0 aliphatic carbocycles. The van der Waals surface area contributed by atoms with E-state index in [0.29, 0.717) is 22.5 Å². The number of benzene rings is 1. The van der Waals surface area contributed by atoms with Crippen molar-refractivity contribution >= 4 is 44.1 Å². The van der Waals surface area contributed by atoms with Gasteiger partial charge in [-0.1, -0.05) is 29.8 Å². The molecular formula is C20H21ClN4O4S. The molecule has 0 unspecified atom stereocenters. The van der Waals surface area contributed by atoms with Crippen LogP contribution in [0.25, 0.3) is 10.9 Å². The van der Waals surface area contributed by atoms with Crippen LogP contribution in [0.15, 0.2) is 41.7 Å². The molecule has 0 amide bonds. The number of pyridine rings is 1. The van der Waals surface area contributed by atoms with Gasteiger partial charge in [0.25, 0.3) is 0 Å². The molecule has 1 N–H and O–H groups in total. The summed E-state index contributed by atoms with van der Waals surface area (Å²) in [5.41, 5.74) is 0.990. The Kier molecular flexibility index (Phi) is 6.23. The Morgan fingerprint density at radius 3 is 2.40 bits per heavy atom. The maximum atomic E-state index is 12.4. The van der Waals surface area contributed by atoms with Crippen LogP contribution in [0.5, 0.6) is 0 Å². The quantitative estimate of drug-likeness (QED) is 0.447. The Morgan fingerprint density at radius 1 is 1.13 bits per heavy atom. The zero-order valence-electron chi connectivity index (χ0n) is 16.9. The van der Waals surface area contributed by atoms with Gasteiger partial charge in [-0.15, -0.1) is 0 Å². The topological polar surface area (TPSA) is 111 Å². The number of fused-ring (bicyclic) bond motifs is 1. The van der Waals surface area contributed by atoms with E-state index < -0.39 is 21.9 Å². The van der Waals surface area contributed by atoms with Crippen LogP contribution in [-0.2, 0) is 14.6 Å². The maximum absolute atomic E-state index is 12.4. The Bertz CT molecular complexity index is 1200. The summed E-state index contributed by atoms with van der Waals surface area (Å²) in [6.07, 6.45) is 1.60. The number of ether oxygens (including phenoxy) is 1. The van der Waals surface area contributed by atoms with Gasteiger partial charge >= 0.3 is 5.97 Å². The molecule has 0 bridgehead atoms. The molecule has 0 aliphatic rings. The van der Waals surface area contributed by atoms with Gasteiger partial charge in [0, 0.05) is 23.9 Å². The fraction of sp³-hybridized carbons (Fsp3) is 0.300. The lowest BCUT2D eigenvalue weighted by molar-refractivity contribution is 0.0330. The number of nitrogens with zero attached hydrogens (tertiary/aromatic N) is 3. The average Bonchev–Trinajstić information content (AvgIpc) is 2.69. The Morgan fingerprint density at radius 2 is 1.80 bits per heavy atom. The van der Waals surface area contributed by atoms with Crippen molar-refractivity contribution in [3.05, 3.63) is 52.8 Å². The summed E-state index contributed by atoms with van der Waals surface area (Å²) >= 11 is 6.53. The van der Waals surface area contributed by atoms with Crippen molar-refractivity contribution in [2.45, 2.75) is 38.1 Å². The van der Waals surface area contributed by atoms with Crippen LogP contribution >= 0.6 is 11.6 Å². The fourth-order valence-corrected chi connectivity index (χ4v) is 3.58. The first-order valence-electron chi connectivity index (χ1n) is 9.16. The molecule has 3 rings (SSSR count). The van der Waals surface area contributed by atoms with Gasteiger partial charge in [-0.2, -0.15) is 0 Å². The zero-order chi connectivity index (χ0) is 22.1. The molecule has 3 aromatic rings. The lowest BCUT2D eigenvalue weighted by atomic mass is 10.1. The van der Waals surface area contributed by atoms with E-state index in [2.05, 4.69) is 20.3 Å². The van der Waals surface area contributed by atoms with Crippen molar-refractivity contribution in [1.82, 2.24) is 15.0 Å². The minimum Gasteiger partial charge on any atom is -0.452 e. The largest absolute Gasteiger partial charge is 0.452 e. The second kappa shape index (κ2) is 8.53. The van der Waals surface area contributed by atoms with E-state index in [0.717, 1.165) is 6.26 Å². The molecule has 0 saturated heterocycles. The normalized spacial score (nSPS) is 12.7. The minimum atomic E-state index is -3.62. The highest BCUT2D eigenvalue weighted by atomic mass is 35.5. The van der Waals surface area contributed by atoms with Gasteiger partial charge in [-0.05, 0) is 32.9 Å². The Balaban J connectivity index is 2.08. The Labute approximate surface area is 179 Å². The van der Waals surface area contributed by atoms with Gasteiger partial charge < -0.3 is 10.1 Å². The van der Waals surface area contributed by atoms with Gasteiger partial charge in [-0.3, -0.25) is 0 Å². The number of nitrogens with one attached hydrogen (secondary N) is 1. The predicted octanol–water partition coefficient (Wildman–Crippen LogP) is 3.82. The highest BCUT2D eigenvalue weighted by Crippen LogP contribution is 2.34. The molecule has 1 aromatic carbocycles. The molecule has 0 saturated carbocycles. The third-order valence-corrected chi connectivity index (χ3v) is 5.38. The van der Waals surface area contributed by atoms with Crippen LogP contribution in [0.3, 0.4) is 0 Å². The number of anilines is 1. The van der Waals surface area contributed by atoms with Crippen LogP contribution in [0, 0.1) is 0 Å². The van der Waals surface area contributed by atoms with Crippen molar-refractivity contribution < 1.29 is 17.9 Å². The first-order chi connectivity index (χ1) is 14.1. The molecule has 10 heteroatoms. The van der Waals surface area contributed by atoms with Crippen LogP contribution in [0.2, 0.25) is 5.02 Å². The smallest absolute Gasteiger partial charge is 0.338 e. The summed E-state index contributed by atoms with van der Waals surface area (Å²) in [7, 11) is -3.62. The second-order valence-electron chi connectivity index (χ2n) is 7.06. The number of carbonyl (C=O) groups is 1. The summed E-state index contributed by atoms with van der Waals surface area (Å²) in [5.74, 6) is -0.183. The molecule has 30 heavy (non-hydrogen) atoms. The van der Waals surface area contributed by atoms with E-state index in [1.54, 1.807) is 37.3 Å². The number of rotatable bonds is 6. The van der Waals surface area contributed by atoms with Crippen molar-refractivity contribution in [2.75, 3.05) is 11.6 Å². The zero-order valence-corrected chi connectivity index (χ0v) is 18.5. The third kappa shape index (κ3) is 4.68. The standard InChI is InChI=1S/C20H21ClN4O4S/c1-11(2)23-18-17-14(10-22-20(25-17)30(4,27)28)15(21)16(24-18)12(3)29-19(26)13-8-6-5-7-9-13/h5-12H,1-4H3,(H,23,24)/t12-/m1/s1. The lowest BCUT2D eigenvalue weighted by Gasteiger charge is -2.19. The third-order valence-electron chi connectivity index (χ3n) is 4.12. The molecule has 0 radical (unpaired) electrons. The summed E-state index contributed by atoms with van der Waals surface area (Å²) in [6.45, 7) is 5.46. The van der Waals surface area contributed by atoms with Crippen molar-refractivity contribution in [3.8, 4) is 0 Å². The fourth-order valence-electron chi connectivity index (χ4n) is 2.75. The number of hydrogen-bond acceptors (Lipinski definition) is 8. The van der Waals surface area contributed by atoms with Gasteiger partial charge in [0.15, 0.2) is 5.82 Å². The molecule has 8 nitrogen and oxygen atoms in total. The summed E-state index contributed by atoms with van der Waals surface area (Å²) < 4.78 is 29.3. The van der Waals surface area contributed by atoms with Gasteiger partial charge in [-0.25, -0.2) is 28.2 Å². The van der Waals surface area contributed by atoms with Crippen LogP contribution < -0.4 is 5.32 Å². The SMILES string of the molecule is CC(C)Nc1nc([C@@H](C)OC(=O)c2ccccc2)c(Cl)c2cnc(S(C)(=O)=O)nc12. The second-order valence-corrected chi connectivity index (χ2v) is 9.35. The summed E-state index contributed by atoms with van der Waals surface area (Å²) in [5, 5.41) is 3.41. The van der Waals surface area contributed by atoms with Crippen LogP contribution in [0.1, 0.15) is 42.9 Å². The summed E-state index contributed by atoms with van der Waals surface area (Å²) in [4.78, 5) is 25.0. The molecular weight excluding hydrogens is 428 g/mol. The van der Waals surface area contributed by atoms with Crippen molar-refractivity contribution in [1.29, 1.82) is 0 Å². The molecule has 1 atom stereocenters. The number of hydrogen-bond donors (Lipinski definition) is 1. The van der Waals surface area contributed by atoms with E-state index in [4.69, 9.17) is 16.3 Å². The lowest BCUT2D eigenvalue weighted by Crippen LogP contribution is -2.16. The molecule has 2 aromatic heterocycles. The van der Waals surface area contributed by atoms with E-state index in [9.17, 15) is 13.2 Å². The summed E-state index contributed by atoms with van der Waals surface area (Å²) in [6, 6.07) is 8.56. The predicted molar refractivity (Wildman–Crippen MR) is 114 cm³/mol. The number of aromatic nitrogens is 3.